The van der Waals surface area contributed by atoms with Crippen molar-refractivity contribution in [2.24, 2.45) is 0 Å². The average Bonchev–Trinajstić information content (AvgIpc) is 2.89. The quantitative estimate of drug-likeness (QED) is 0.900. The van der Waals surface area contributed by atoms with E-state index in [1.54, 1.807) is 0 Å². The average molecular weight is 255 g/mol. The van der Waals surface area contributed by atoms with Gasteiger partial charge in [-0.1, -0.05) is 18.6 Å². The second kappa shape index (κ2) is 5.73. The monoisotopic (exact) mass is 255 g/mol. The molecule has 2 atom stereocenters. The zero-order chi connectivity index (χ0) is 13.1. The lowest BCUT2D eigenvalue weighted by atomic mass is 9.99. The van der Waals surface area contributed by atoms with Crippen LogP contribution in [-0.2, 0) is 6.54 Å². The molecule has 0 saturated carbocycles. The van der Waals surface area contributed by atoms with Gasteiger partial charge in [0.2, 0.25) is 0 Å². The minimum atomic E-state index is 0.631. The first-order chi connectivity index (χ1) is 9.36. The van der Waals surface area contributed by atoms with Crippen LogP contribution in [0.2, 0.25) is 0 Å². The van der Waals surface area contributed by atoms with Crippen LogP contribution in [-0.4, -0.2) is 30.1 Å². The summed E-state index contributed by atoms with van der Waals surface area (Å²) in [5.41, 5.74) is 1.97. The largest absolute Gasteiger partial charge is 0.308 e. The zero-order valence-electron chi connectivity index (χ0n) is 11.3. The van der Waals surface area contributed by atoms with Gasteiger partial charge in [-0.25, -0.2) is 0 Å². The third-order valence-electron chi connectivity index (χ3n) is 4.48. The van der Waals surface area contributed by atoms with E-state index in [0.29, 0.717) is 6.04 Å². The van der Waals surface area contributed by atoms with Gasteiger partial charge in [0.25, 0.3) is 0 Å². The standard InChI is InChI=1S/C16H21N3/c17-11-13-4-3-5-14(10-13)12-18-15-7-9-19-8-2-1-6-16(15)19/h3-5,10,15-16,18H,1-2,6-9,12H2. The van der Waals surface area contributed by atoms with Gasteiger partial charge in [-0.3, -0.25) is 4.90 Å². The summed E-state index contributed by atoms with van der Waals surface area (Å²) in [6, 6.07) is 11.5. The molecule has 0 radical (unpaired) electrons. The van der Waals surface area contributed by atoms with Crippen molar-refractivity contribution < 1.29 is 0 Å². The Hall–Kier alpha value is -1.37. The lowest BCUT2D eigenvalue weighted by Gasteiger charge is -2.32. The van der Waals surface area contributed by atoms with Crippen LogP contribution < -0.4 is 5.32 Å². The van der Waals surface area contributed by atoms with E-state index < -0.39 is 0 Å². The van der Waals surface area contributed by atoms with E-state index in [0.717, 1.165) is 18.2 Å². The molecule has 1 aromatic rings. The lowest BCUT2D eigenvalue weighted by Crippen LogP contribution is -2.44. The Morgan fingerprint density at radius 1 is 1.26 bits per heavy atom. The number of hydrogen-bond donors (Lipinski definition) is 1. The molecule has 2 saturated heterocycles. The van der Waals surface area contributed by atoms with Crippen molar-refractivity contribution in [1.29, 1.82) is 5.26 Å². The molecule has 3 rings (SSSR count). The molecule has 0 aromatic heterocycles. The normalized spacial score (nSPS) is 26.9. The minimum Gasteiger partial charge on any atom is -0.308 e. The van der Waals surface area contributed by atoms with Gasteiger partial charge in [-0.2, -0.15) is 5.26 Å². The SMILES string of the molecule is N#Cc1cccc(CNC2CCN3CCCCC23)c1. The number of nitrogens with one attached hydrogen (secondary N) is 1. The van der Waals surface area contributed by atoms with Crippen LogP contribution in [0.25, 0.3) is 0 Å². The van der Waals surface area contributed by atoms with Crippen molar-refractivity contribution in [3.8, 4) is 6.07 Å². The van der Waals surface area contributed by atoms with Gasteiger partial charge >= 0.3 is 0 Å². The van der Waals surface area contributed by atoms with E-state index in [9.17, 15) is 0 Å². The second-order valence-electron chi connectivity index (χ2n) is 5.69. The van der Waals surface area contributed by atoms with Crippen LogP contribution in [0.4, 0.5) is 0 Å². The Balaban J connectivity index is 1.58. The van der Waals surface area contributed by atoms with Crippen molar-refractivity contribution in [1.82, 2.24) is 10.2 Å². The summed E-state index contributed by atoms with van der Waals surface area (Å²) >= 11 is 0. The predicted octanol–water partition coefficient (Wildman–Crippen LogP) is 2.27. The third-order valence-corrected chi connectivity index (χ3v) is 4.48. The highest BCUT2D eigenvalue weighted by molar-refractivity contribution is 5.32. The van der Waals surface area contributed by atoms with E-state index in [4.69, 9.17) is 5.26 Å². The molecule has 1 N–H and O–H groups in total. The Bertz CT molecular complexity index is 477. The first-order valence-electron chi connectivity index (χ1n) is 7.33. The number of fused-ring (bicyclic) bond motifs is 1. The fourth-order valence-corrected chi connectivity index (χ4v) is 3.49. The van der Waals surface area contributed by atoms with Crippen LogP contribution in [0, 0.1) is 11.3 Å². The summed E-state index contributed by atoms with van der Waals surface area (Å²) in [5.74, 6) is 0. The molecule has 0 amide bonds. The number of piperidine rings is 1. The van der Waals surface area contributed by atoms with Gasteiger partial charge in [0, 0.05) is 25.2 Å². The molecule has 19 heavy (non-hydrogen) atoms. The number of nitriles is 1. The summed E-state index contributed by atoms with van der Waals surface area (Å²) in [6.45, 7) is 3.41. The maximum Gasteiger partial charge on any atom is 0.0991 e. The number of benzene rings is 1. The van der Waals surface area contributed by atoms with Crippen molar-refractivity contribution in [2.75, 3.05) is 13.1 Å². The Morgan fingerprint density at radius 2 is 2.21 bits per heavy atom. The summed E-state index contributed by atoms with van der Waals surface area (Å²) in [5, 5.41) is 12.6. The maximum absolute atomic E-state index is 8.92. The lowest BCUT2D eigenvalue weighted by molar-refractivity contribution is 0.180. The topological polar surface area (TPSA) is 39.1 Å². The van der Waals surface area contributed by atoms with E-state index in [-0.39, 0.29) is 0 Å². The van der Waals surface area contributed by atoms with Crippen LogP contribution in [0.15, 0.2) is 24.3 Å². The smallest absolute Gasteiger partial charge is 0.0991 e. The molecule has 2 aliphatic rings. The summed E-state index contributed by atoms with van der Waals surface area (Å²) in [6.07, 6.45) is 5.36. The highest BCUT2D eigenvalue weighted by atomic mass is 15.2. The fraction of sp³-hybridized carbons (Fsp3) is 0.562. The molecular formula is C16H21N3. The Labute approximate surface area is 115 Å². The summed E-state index contributed by atoms with van der Waals surface area (Å²) in [7, 11) is 0. The molecule has 2 fully saturated rings. The molecule has 3 heteroatoms. The van der Waals surface area contributed by atoms with Crippen LogP contribution >= 0.6 is 0 Å². The maximum atomic E-state index is 8.92. The number of rotatable bonds is 3. The number of nitrogens with zero attached hydrogens (tertiary/aromatic N) is 2. The fourth-order valence-electron chi connectivity index (χ4n) is 3.49. The van der Waals surface area contributed by atoms with Crippen LogP contribution in [0.3, 0.4) is 0 Å². The highest BCUT2D eigenvalue weighted by Gasteiger charge is 2.34. The highest BCUT2D eigenvalue weighted by Crippen LogP contribution is 2.27. The van der Waals surface area contributed by atoms with Crippen molar-refractivity contribution in [3.05, 3.63) is 35.4 Å². The van der Waals surface area contributed by atoms with Gasteiger partial charge in [0.15, 0.2) is 0 Å². The molecule has 0 aliphatic carbocycles. The molecule has 100 valence electrons. The molecule has 1 aromatic carbocycles. The molecule has 0 spiro atoms. The molecule has 0 bridgehead atoms. The van der Waals surface area contributed by atoms with E-state index in [1.165, 1.54) is 44.3 Å². The first kappa shape index (κ1) is 12.7. The van der Waals surface area contributed by atoms with Gasteiger partial charge < -0.3 is 5.32 Å². The molecule has 2 aliphatic heterocycles. The Kier molecular flexibility index (Phi) is 3.82. The van der Waals surface area contributed by atoms with Crippen LogP contribution in [0.1, 0.15) is 36.8 Å². The molecule has 2 heterocycles. The molecule has 3 nitrogen and oxygen atoms in total. The zero-order valence-corrected chi connectivity index (χ0v) is 11.3. The van der Waals surface area contributed by atoms with Gasteiger partial charge in [-0.05, 0) is 43.5 Å². The first-order valence-corrected chi connectivity index (χ1v) is 7.33. The van der Waals surface area contributed by atoms with Gasteiger partial charge in [-0.15, -0.1) is 0 Å². The van der Waals surface area contributed by atoms with Gasteiger partial charge in [0.1, 0.15) is 0 Å². The minimum absolute atomic E-state index is 0.631. The second-order valence-corrected chi connectivity index (χ2v) is 5.69. The molecule has 2 unspecified atom stereocenters. The van der Waals surface area contributed by atoms with Gasteiger partial charge in [0.05, 0.1) is 11.6 Å². The van der Waals surface area contributed by atoms with E-state index >= 15 is 0 Å². The van der Waals surface area contributed by atoms with Crippen molar-refractivity contribution in [2.45, 2.75) is 44.3 Å². The molecular weight excluding hydrogens is 234 g/mol. The number of hydrogen-bond acceptors (Lipinski definition) is 3. The van der Waals surface area contributed by atoms with Crippen molar-refractivity contribution >= 4 is 0 Å². The van der Waals surface area contributed by atoms with Crippen LogP contribution in [0.5, 0.6) is 0 Å². The third kappa shape index (κ3) is 2.80. The predicted molar refractivity (Wildman–Crippen MR) is 75.6 cm³/mol. The Morgan fingerprint density at radius 3 is 3.11 bits per heavy atom. The summed E-state index contributed by atoms with van der Waals surface area (Å²) < 4.78 is 0. The van der Waals surface area contributed by atoms with Crippen molar-refractivity contribution in [3.63, 3.8) is 0 Å². The summed E-state index contributed by atoms with van der Waals surface area (Å²) in [4.78, 5) is 2.65. The van der Waals surface area contributed by atoms with E-state index in [1.807, 2.05) is 18.2 Å². The van der Waals surface area contributed by atoms with E-state index in [2.05, 4.69) is 22.4 Å².